The predicted octanol–water partition coefficient (Wildman–Crippen LogP) is 2.25. The number of rotatable bonds is 4. The van der Waals surface area contributed by atoms with Crippen molar-refractivity contribution in [2.75, 3.05) is 10.4 Å². The highest BCUT2D eigenvalue weighted by Gasteiger charge is 2.17. The molecule has 0 radical (unpaired) electrons. The summed E-state index contributed by atoms with van der Waals surface area (Å²) >= 11 is 2.89. The standard InChI is InChI=1S/C12H9BrN2O2S/c13-9-18(16,17)8-12(11(6-14)7-15)10-4-2-1-3-5-10/h1-5H,8-9H2. The molecule has 0 aliphatic heterocycles. The molecule has 0 atom stereocenters. The van der Waals surface area contributed by atoms with Gasteiger partial charge < -0.3 is 0 Å². The quantitative estimate of drug-likeness (QED) is 0.628. The number of alkyl halides is 1. The zero-order chi connectivity index (χ0) is 13.6. The second-order valence-corrected chi connectivity index (χ2v) is 6.81. The lowest BCUT2D eigenvalue weighted by Crippen LogP contribution is -2.10. The highest BCUT2D eigenvalue weighted by atomic mass is 79.9. The van der Waals surface area contributed by atoms with Crippen LogP contribution in [0.2, 0.25) is 0 Å². The molecule has 0 heterocycles. The van der Waals surface area contributed by atoms with Crippen LogP contribution < -0.4 is 0 Å². The Balaban J connectivity index is 3.37. The first-order valence-electron chi connectivity index (χ1n) is 4.89. The highest BCUT2D eigenvalue weighted by molar-refractivity contribution is 9.10. The molecule has 1 aromatic carbocycles. The van der Waals surface area contributed by atoms with Crippen LogP contribution in [-0.4, -0.2) is 18.8 Å². The minimum Gasteiger partial charge on any atom is -0.228 e. The Labute approximate surface area is 114 Å². The van der Waals surface area contributed by atoms with E-state index in [4.69, 9.17) is 10.5 Å². The Morgan fingerprint density at radius 2 is 1.72 bits per heavy atom. The van der Waals surface area contributed by atoms with E-state index >= 15 is 0 Å². The molecule has 0 N–H and O–H groups in total. The van der Waals surface area contributed by atoms with Crippen molar-refractivity contribution in [2.45, 2.75) is 0 Å². The van der Waals surface area contributed by atoms with E-state index in [1.54, 1.807) is 42.5 Å². The Morgan fingerprint density at radius 3 is 2.17 bits per heavy atom. The summed E-state index contributed by atoms with van der Waals surface area (Å²) < 4.78 is 23.0. The maximum Gasteiger partial charge on any atom is 0.164 e. The van der Waals surface area contributed by atoms with Gasteiger partial charge in [-0.2, -0.15) is 10.5 Å². The van der Waals surface area contributed by atoms with Crippen LogP contribution in [0.4, 0.5) is 0 Å². The van der Waals surface area contributed by atoms with Crippen LogP contribution in [0.5, 0.6) is 0 Å². The second-order valence-electron chi connectivity index (χ2n) is 3.44. The maximum atomic E-state index is 11.6. The number of halogens is 1. The molecule has 0 spiro atoms. The van der Waals surface area contributed by atoms with Gasteiger partial charge in [-0.25, -0.2) is 8.42 Å². The number of hydrogen-bond acceptors (Lipinski definition) is 4. The molecule has 18 heavy (non-hydrogen) atoms. The van der Waals surface area contributed by atoms with Crippen LogP contribution in [0.1, 0.15) is 5.56 Å². The zero-order valence-electron chi connectivity index (χ0n) is 9.30. The lowest BCUT2D eigenvalue weighted by Gasteiger charge is -2.07. The van der Waals surface area contributed by atoms with E-state index < -0.39 is 9.84 Å². The molecule has 0 aliphatic carbocycles. The van der Waals surface area contributed by atoms with Crippen LogP contribution in [0, 0.1) is 22.7 Å². The summed E-state index contributed by atoms with van der Waals surface area (Å²) in [4.78, 5) is 0. The molecule has 0 saturated carbocycles. The summed E-state index contributed by atoms with van der Waals surface area (Å²) in [5.41, 5.74) is 0.630. The molecule has 1 aromatic rings. The maximum absolute atomic E-state index is 11.6. The van der Waals surface area contributed by atoms with Crippen molar-refractivity contribution in [3.63, 3.8) is 0 Å². The van der Waals surface area contributed by atoms with Crippen LogP contribution in [0.25, 0.3) is 5.57 Å². The lowest BCUT2D eigenvalue weighted by molar-refractivity contribution is 0.604. The van der Waals surface area contributed by atoms with E-state index in [0.29, 0.717) is 5.56 Å². The first-order chi connectivity index (χ1) is 8.54. The van der Waals surface area contributed by atoms with Gasteiger partial charge in [0.25, 0.3) is 0 Å². The normalized spacial score (nSPS) is 10.2. The fraction of sp³-hybridized carbons (Fsp3) is 0.167. The van der Waals surface area contributed by atoms with Crippen molar-refractivity contribution < 1.29 is 8.42 Å². The van der Waals surface area contributed by atoms with Gasteiger partial charge in [-0.15, -0.1) is 0 Å². The molecule has 0 unspecified atom stereocenters. The van der Waals surface area contributed by atoms with Crippen molar-refractivity contribution in [1.29, 1.82) is 10.5 Å². The van der Waals surface area contributed by atoms with Crippen molar-refractivity contribution >= 4 is 31.3 Å². The molecule has 0 saturated heterocycles. The van der Waals surface area contributed by atoms with Gasteiger partial charge in [-0.3, -0.25) is 0 Å². The molecule has 4 nitrogen and oxygen atoms in total. The number of benzene rings is 1. The van der Waals surface area contributed by atoms with E-state index in [9.17, 15) is 8.42 Å². The van der Waals surface area contributed by atoms with Crippen molar-refractivity contribution in [3.05, 3.63) is 41.5 Å². The average Bonchev–Trinajstić information content (AvgIpc) is 2.40. The van der Waals surface area contributed by atoms with Crippen LogP contribution >= 0.6 is 15.9 Å². The number of sulfone groups is 1. The fourth-order valence-corrected chi connectivity index (χ4v) is 2.67. The molecule has 1 rings (SSSR count). The third-order valence-electron chi connectivity index (χ3n) is 2.18. The number of nitriles is 2. The Kier molecular flexibility index (Phi) is 5.08. The van der Waals surface area contributed by atoms with E-state index in [2.05, 4.69) is 15.9 Å². The molecule has 0 fully saturated rings. The SMILES string of the molecule is N#CC(C#N)=C(CS(=O)(=O)CBr)c1ccccc1. The highest BCUT2D eigenvalue weighted by Crippen LogP contribution is 2.21. The second kappa shape index (κ2) is 6.34. The number of nitrogens with zero attached hydrogens (tertiary/aromatic N) is 2. The van der Waals surface area contributed by atoms with Gasteiger partial charge in [0.2, 0.25) is 0 Å². The van der Waals surface area contributed by atoms with Gasteiger partial charge in [-0.1, -0.05) is 46.3 Å². The summed E-state index contributed by atoms with van der Waals surface area (Å²) in [5.74, 6) is -0.335. The topological polar surface area (TPSA) is 81.7 Å². The van der Waals surface area contributed by atoms with Gasteiger partial charge in [0.05, 0.1) is 5.75 Å². The zero-order valence-corrected chi connectivity index (χ0v) is 11.7. The molecule has 92 valence electrons. The Bertz CT molecular complexity index is 621. The first kappa shape index (κ1) is 14.4. The van der Waals surface area contributed by atoms with Crippen molar-refractivity contribution in [1.82, 2.24) is 0 Å². The van der Waals surface area contributed by atoms with Gasteiger partial charge in [0.15, 0.2) is 9.84 Å². The van der Waals surface area contributed by atoms with Crippen LogP contribution in [0.15, 0.2) is 35.9 Å². The molecule has 0 bridgehead atoms. The van der Waals surface area contributed by atoms with Crippen LogP contribution in [-0.2, 0) is 9.84 Å². The Morgan fingerprint density at radius 1 is 1.17 bits per heavy atom. The minimum absolute atomic E-state index is 0.175. The van der Waals surface area contributed by atoms with E-state index in [1.165, 1.54) is 0 Å². The summed E-state index contributed by atoms with van der Waals surface area (Å²) in [6.07, 6.45) is 0. The van der Waals surface area contributed by atoms with E-state index in [1.807, 2.05) is 0 Å². The summed E-state index contributed by atoms with van der Waals surface area (Å²) in [6, 6.07) is 12.0. The van der Waals surface area contributed by atoms with Gasteiger partial charge in [0, 0.05) is 5.57 Å². The fourth-order valence-electron chi connectivity index (χ4n) is 1.36. The Hall–Kier alpha value is -1.63. The summed E-state index contributed by atoms with van der Waals surface area (Å²) in [7, 11) is -3.38. The lowest BCUT2D eigenvalue weighted by atomic mass is 10.0. The average molecular weight is 325 g/mol. The van der Waals surface area contributed by atoms with Crippen molar-refractivity contribution in [3.8, 4) is 12.1 Å². The smallest absolute Gasteiger partial charge is 0.164 e. The number of hydrogen-bond donors (Lipinski definition) is 0. The molecular weight excluding hydrogens is 316 g/mol. The van der Waals surface area contributed by atoms with Gasteiger partial charge in [-0.05, 0) is 5.56 Å². The van der Waals surface area contributed by atoms with Crippen LogP contribution in [0.3, 0.4) is 0 Å². The largest absolute Gasteiger partial charge is 0.228 e. The van der Waals surface area contributed by atoms with E-state index in [0.717, 1.165) is 0 Å². The monoisotopic (exact) mass is 324 g/mol. The van der Waals surface area contributed by atoms with Crippen molar-refractivity contribution in [2.24, 2.45) is 0 Å². The van der Waals surface area contributed by atoms with Gasteiger partial charge >= 0.3 is 0 Å². The van der Waals surface area contributed by atoms with E-state index in [-0.39, 0.29) is 21.6 Å². The predicted molar refractivity (Wildman–Crippen MR) is 72.2 cm³/mol. The molecule has 6 heteroatoms. The summed E-state index contributed by atoms with van der Waals surface area (Å²) in [6.45, 7) is 0. The molecule has 0 amide bonds. The molecular formula is C12H9BrN2O2S. The third kappa shape index (κ3) is 3.69. The number of allylic oxidation sites excluding steroid dienone is 1. The first-order valence-corrected chi connectivity index (χ1v) is 7.83. The summed E-state index contributed by atoms with van der Waals surface area (Å²) in [5, 5.41) is 17.8. The third-order valence-corrected chi connectivity index (χ3v) is 5.33. The molecule has 0 aromatic heterocycles. The minimum atomic E-state index is -3.38. The van der Waals surface area contributed by atoms with Gasteiger partial charge in [0.1, 0.15) is 22.4 Å². The molecule has 0 aliphatic rings.